The van der Waals surface area contributed by atoms with Crippen molar-refractivity contribution in [3.05, 3.63) is 28.7 Å². The van der Waals surface area contributed by atoms with Gasteiger partial charge in [0.05, 0.1) is 5.69 Å². The molecule has 7 heteroatoms. The van der Waals surface area contributed by atoms with Gasteiger partial charge >= 0.3 is 10.2 Å². The van der Waals surface area contributed by atoms with Crippen LogP contribution in [0.5, 0.6) is 0 Å². The predicted molar refractivity (Wildman–Crippen MR) is 71.0 cm³/mol. The van der Waals surface area contributed by atoms with Gasteiger partial charge in [0.25, 0.3) is 0 Å². The maximum Gasteiger partial charge on any atom is 0.301 e. The lowest BCUT2D eigenvalue weighted by molar-refractivity contribution is 0.486. The Morgan fingerprint density at radius 3 is 2.82 bits per heavy atom. The van der Waals surface area contributed by atoms with Crippen molar-refractivity contribution in [2.45, 2.75) is 0 Å². The number of nitrogens with two attached hydrogens (primary N) is 1. The van der Waals surface area contributed by atoms with Gasteiger partial charge in [-0.1, -0.05) is 12.1 Å². The third-order valence-corrected chi connectivity index (χ3v) is 4.85. The molecule has 1 heterocycles. The molecule has 0 radical (unpaired) electrons. The van der Waals surface area contributed by atoms with E-state index in [0.717, 1.165) is 4.47 Å². The number of benzene rings is 1. The number of para-hydroxylation sites is 1. The Bertz CT molecular complexity index is 506. The molecule has 0 aromatic heterocycles. The Hall–Kier alpha value is -0.630. The number of halogens is 1. The van der Waals surface area contributed by atoms with Crippen molar-refractivity contribution in [2.24, 2.45) is 11.7 Å². The molecule has 0 bridgehead atoms. The molecule has 1 aromatic rings. The highest BCUT2D eigenvalue weighted by atomic mass is 79.9. The number of hydrogen-bond acceptors (Lipinski definition) is 3. The largest absolute Gasteiger partial charge is 0.330 e. The summed E-state index contributed by atoms with van der Waals surface area (Å²) >= 11 is 3.36. The molecule has 1 aliphatic heterocycles. The van der Waals surface area contributed by atoms with Crippen molar-refractivity contribution in [3.8, 4) is 0 Å². The minimum atomic E-state index is -3.44. The van der Waals surface area contributed by atoms with E-state index in [-0.39, 0.29) is 5.92 Å². The molecule has 5 nitrogen and oxygen atoms in total. The zero-order valence-corrected chi connectivity index (χ0v) is 11.5. The van der Waals surface area contributed by atoms with Crippen molar-refractivity contribution >= 4 is 31.8 Å². The molecule has 1 saturated heterocycles. The maximum atomic E-state index is 11.9. The Kier molecular flexibility index (Phi) is 3.72. The normalized spacial score (nSPS) is 23.6. The number of nitrogens with one attached hydrogen (secondary N) is 1. The molecule has 1 fully saturated rings. The van der Waals surface area contributed by atoms with Crippen LogP contribution < -0.4 is 14.8 Å². The van der Waals surface area contributed by atoms with Crippen molar-refractivity contribution in [1.29, 1.82) is 0 Å². The van der Waals surface area contributed by atoms with Crippen molar-refractivity contribution in [1.82, 2.24) is 4.72 Å². The third kappa shape index (κ3) is 2.62. The Labute approximate surface area is 109 Å². The van der Waals surface area contributed by atoms with Gasteiger partial charge in [-0.2, -0.15) is 13.1 Å². The van der Waals surface area contributed by atoms with Crippen molar-refractivity contribution < 1.29 is 8.42 Å². The topological polar surface area (TPSA) is 75.4 Å². The molecule has 17 heavy (non-hydrogen) atoms. The minimum absolute atomic E-state index is 0.130. The molecule has 0 amide bonds. The van der Waals surface area contributed by atoms with Gasteiger partial charge in [-0.25, -0.2) is 0 Å². The lowest BCUT2D eigenvalue weighted by Gasteiger charge is -2.33. The van der Waals surface area contributed by atoms with Crippen LogP contribution in [0.25, 0.3) is 0 Å². The summed E-state index contributed by atoms with van der Waals surface area (Å²) in [5, 5.41) is 0. The number of nitrogens with zero attached hydrogens (tertiary/aromatic N) is 1. The summed E-state index contributed by atoms with van der Waals surface area (Å²) in [4.78, 5) is 0. The van der Waals surface area contributed by atoms with E-state index in [2.05, 4.69) is 20.7 Å². The van der Waals surface area contributed by atoms with Gasteiger partial charge < -0.3 is 5.73 Å². The smallest absolute Gasteiger partial charge is 0.301 e. The van der Waals surface area contributed by atoms with Crippen LogP contribution in [-0.4, -0.2) is 28.1 Å². The molecule has 3 N–H and O–H groups in total. The molecule has 0 spiro atoms. The molecular weight excluding hydrogens is 306 g/mol. The van der Waals surface area contributed by atoms with Gasteiger partial charge in [0, 0.05) is 23.5 Å². The average Bonchev–Trinajstić information content (AvgIpc) is 2.30. The van der Waals surface area contributed by atoms with Crippen LogP contribution in [0.2, 0.25) is 0 Å². The third-order valence-electron chi connectivity index (χ3n) is 2.72. The minimum Gasteiger partial charge on any atom is -0.330 e. The van der Waals surface area contributed by atoms with Crippen LogP contribution in [0.15, 0.2) is 28.7 Å². The molecule has 2 rings (SSSR count). The lowest BCUT2D eigenvalue weighted by Crippen LogP contribution is -2.53. The summed E-state index contributed by atoms with van der Waals surface area (Å²) in [7, 11) is -3.44. The molecule has 94 valence electrons. The monoisotopic (exact) mass is 319 g/mol. The summed E-state index contributed by atoms with van der Waals surface area (Å²) in [5.41, 5.74) is 6.23. The average molecular weight is 320 g/mol. The van der Waals surface area contributed by atoms with Crippen LogP contribution in [-0.2, 0) is 10.2 Å². The number of anilines is 1. The van der Waals surface area contributed by atoms with Gasteiger partial charge in [0.15, 0.2) is 0 Å². The summed E-state index contributed by atoms with van der Waals surface area (Å²) in [5.74, 6) is 0.130. The van der Waals surface area contributed by atoms with Gasteiger partial charge in [0.1, 0.15) is 0 Å². The molecular formula is C10H14BrN3O2S. The SMILES string of the molecule is NCC1CNS(=O)(=O)N(c2ccccc2Br)C1. The van der Waals surface area contributed by atoms with Crippen LogP contribution in [0.3, 0.4) is 0 Å². The highest BCUT2D eigenvalue weighted by Crippen LogP contribution is 2.29. The quantitative estimate of drug-likeness (QED) is 0.841. The Balaban J connectivity index is 2.37. The van der Waals surface area contributed by atoms with E-state index in [1.807, 2.05) is 18.2 Å². The van der Waals surface area contributed by atoms with Crippen LogP contribution in [0.1, 0.15) is 0 Å². The maximum absolute atomic E-state index is 11.9. The first-order chi connectivity index (χ1) is 8.04. The van der Waals surface area contributed by atoms with E-state index in [0.29, 0.717) is 25.3 Å². The second-order valence-corrected chi connectivity index (χ2v) is 6.47. The number of hydrogen-bond donors (Lipinski definition) is 2. The first-order valence-corrected chi connectivity index (χ1v) is 7.50. The highest BCUT2D eigenvalue weighted by Gasteiger charge is 2.31. The summed E-state index contributed by atoms with van der Waals surface area (Å²) in [6.45, 7) is 1.28. The fourth-order valence-corrected chi connectivity index (χ4v) is 3.78. The molecule has 1 unspecified atom stereocenters. The van der Waals surface area contributed by atoms with E-state index in [9.17, 15) is 8.42 Å². The van der Waals surface area contributed by atoms with Crippen LogP contribution >= 0.6 is 15.9 Å². The standard InChI is InChI=1S/C10H14BrN3O2S/c11-9-3-1-2-4-10(9)14-7-8(5-12)6-13-17(14,15)16/h1-4,8,13H,5-7,12H2. The molecule has 0 saturated carbocycles. The van der Waals surface area contributed by atoms with Crippen molar-refractivity contribution in [2.75, 3.05) is 23.9 Å². The zero-order chi connectivity index (χ0) is 12.5. The lowest BCUT2D eigenvalue weighted by atomic mass is 10.1. The summed E-state index contributed by atoms with van der Waals surface area (Å²) in [6, 6.07) is 7.23. The molecule has 0 aliphatic carbocycles. The van der Waals surface area contributed by atoms with Gasteiger partial charge in [-0.3, -0.25) is 4.31 Å². The van der Waals surface area contributed by atoms with Gasteiger partial charge in [0.2, 0.25) is 0 Å². The molecule has 1 aromatic carbocycles. The number of rotatable bonds is 2. The fourth-order valence-electron chi connectivity index (χ4n) is 1.74. The second kappa shape index (κ2) is 4.93. The van der Waals surface area contributed by atoms with Crippen LogP contribution in [0.4, 0.5) is 5.69 Å². The van der Waals surface area contributed by atoms with E-state index in [4.69, 9.17) is 5.73 Å². The Morgan fingerprint density at radius 1 is 1.47 bits per heavy atom. The van der Waals surface area contributed by atoms with Crippen molar-refractivity contribution in [3.63, 3.8) is 0 Å². The first-order valence-electron chi connectivity index (χ1n) is 5.26. The first kappa shape index (κ1) is 12.8. The van der Waals surface area contributed by atoms with Gasteiger partial charge in [-0.05, 0) is 34.6 Å². The Morgan fingerprint density at radius 2 is 2.18 bits per heavy atom. The van der Waals surface area contributed by atoms with Gasteiger partial charge in [-0.15, -0.1) is 0 Å². The molecule has 1 atom stereocenters. The van der Waals surface area contributed by atoms with E-state index in [1.165, 1.54) is 4.31 Å². The summed E-state index contributed by atoms with van der Waals surface area (Å²) < 4.78 is 28.5. The zero-order valence-electron chi connectivity index (χ0n) is 9.14. The van der Waals surface area contributed by atoms with E-state index in [1.54, 1.807) is 6.07 Å². The second-order valence-electron chi connectivity index (χ2n) is 3.94. The van der Waals surface area contributed by atoms with E-state index >= 15 is 0 Å². The highest BCUT2D eigenvalue weighted by molar-refractivity contribution is 9.10. The fraction of sp³-hybridized carbons (Fsp3) is 0.400. The molecule has 1 aliphatic rings. The van der Waals surface area contributed by atoms with E-state index < -0.39 is 10.2 Å². The predicted octanol–water partition coefficient (Wildman–Crippen LogP) is 0.678. The summed E-state index contributed by atoms with van der Waals surface area (Å²) in [6.07, 6.45) is 0. The van der Waals surface area contributed by atoms with Crippen LogP contribution in [0, 0.1) is 5.92 Å².